The minimum Gasteiger partial charge on any atom is -0.494 e. The van der Waals surface area contributed by atoms with E-state index in [4.69, 9.17) is 4.74 Å². The Kier molecular flexibility index (Phi) is 5.71. The molecule has 1 aliphatic carbocycles. The van der Waals surface area contributed by atoms with E-state index in [1.807, 2.05) is 0 Å². The zero-order valence-electron chi connectivity index (χ0n) is 12.3. The number of hydrogen-bond donors (Lipinski definition) is 1. The maximum atomic E-state index is 5.87. The summed E-state index contributed by atoms with van der Waals surface area (Å²) in [4.78, 5) is 0. The second kappa shape index (κ2) is 7.54. The van der Waals surface area contributed by atoms with Crippen molar-refractivity contribution in [3.63, 3.8) is 0 Å². The monoisotopic (exact) mass is 261 g/mol. The minimum atomic E-state index is 0.451. The first-order valence-corrected chi connectivity index (χ1v) is 7.79. The van der Waals surface area contributed by atoms with Crippen LogP contribution < -0.4 is 10.1 Å². The minimum absolute atomic E-state index is 0.451. The molecule has 1 unspecified atom stereocenters. The predicted molar refractivity (Wildman–Crippen MR) is 80.6 cm³/mol. The highest BCUT2D eigenvalue weighted by molar-refractivity contribution is 5.30. The molecule has 1 aromatic carbocycles. The van der Waals surface area contributed by atoms with Gasteiger partial charge in [0, 0.05) is 6.04 Å². The Balaban J connectivity index is 1.87. The molecule has 1 N–H and O–H groups in total. The van der Waals surface area contributed by atoms with Crippen molar-refractivity contribution in [3.8, 4) is 5.75 Å². The van der Waals surface area contributed by atoms with E-state index in [0.29, 0.717) is 6.04 Å². The van der Waals surface area contributed by atoms with Gasteiger partial charge in [0.1, 0.15) is 5.75 Å². The fraction of sp³-hybridized carbons (Fsp3) is 0.647. The van der Waals surface area contributed by atoms with Crippen LogP contribution in [-0.4, -0.2) is 13.2 Å². The van der Waals surface area contributed by atoms with Crippen molar-refractivity contribution >= 4 is 0 Å². The zero-order chi connectivity index (χ0) is 13.5. The summed E-state index contributed by atoms with van der Waals surface area (Å²) in [5.41, 5.74) is 1.35. The fourth-order valence-corrected chi connectivity index (χ4v) is 2.39. The van der Waals surface area contributed by atoms with E-state index in [1.54, 1.807) is 0 Å². The molecule has 2 nitrogen and oxygen atoms in total. The van der Waals surface area contributed by atoms with Gasteiger partial charge in [-0.25, -0.2) is 0 Å². The SMILES string of the molecule is CCCNC(CC)c1cccc(OCCC2CC2)c1. The highest BCUT2D eigenvalue weighted by Gasteiger charge is 2.20. The Hall–Kier alpha value is -1.02. The lowest BCUT2D eigenvalue weighted by molar-refractivity contribution is 0.302. The van der Waals surface area contributed by atoms with Gasteiger partial charge in [-0.1, -0.05) is 38.8 Å². The summed E-state index contributed by atoms with van der Waals surface area (Å²) < 4.78 is 5.87. The van der Waals surface area contributed by atoms with Gasteiger partial charge in [-0.15, -0.1) is 0 Å². The number of ether oxygens (including phenoxy) is 1. The van der Waals surface area contributed by atoms with E-state index in [9.17, 15) is 0 Å². The zero-order valence-corrected chi connectivity index (χ0v) is 12.3. The van der Waals surface area contributed by atoms with Crippen molar-refractivity contribution < 1.29 is 4.74 Å². The lowest BCUT2D eigenvalue weighted by Gasteiger charge is -2.18. The molecule has 0 amide bonds. The molecule has 0 saturated heterocycles. The van der Waals surface area contributed by atoms with Crippen molar-refractivity contribution in [1.29, 1.82) is 0 Å². The number of rotatable bonds is 9. The average Bonchev–Trinajstić information content (AvgIpc) is 3.24. The molecule has 0 aliphatic heterocycles. The number of nitrogens with one attached hydrogen (secondary N) is 1. The molecule has 19 heavy (non-hydrogen) atoms. The van der Waals surface area contributed by atoms with Crippen LogP contribution in [0.2, 0.25) is 0 Å². The van der Waals surface area contributed by atoms with Crippen molar-refractivity contribution in [3.05, 3.63) is 29.8 Å². The predicted octanol–water partition coefficient (Wildman–Crippen LogP) is 4.32. The third-order valence-corrected chi connectivity index (χ3v) is 3.80. The number of hydrogen-bond acceptors (Lipinski definition) is 2. The Bertz CT molecular complexity index is 373. The normalized spacial score (nSPS) is 16.3. The van der Waals surface area contributed by atoms with Crippen molar-refractivity contribution in [2.75, 3.05) is 13.2 Å². The second-order valence-corrected chi connectivity index (χ2v) is 5.57. The molecule has 1 saturated carbocycles. The Morgan fingerprint density at radius 3 is 2.84 bits per heavy atom. The van der Waals surface area contributed by atoms with Crippen LogP contribution in [0.5, 0.6) is 5.75 Å². The van der Waals surface area contributed by atoms with Crippen LogP contribution in [-0.2, 0) is 0 Å². The maximum absolute atomic E-state index is 5.87. The first-order valence-electron chi connectivity index (χ1n) is 7.79. The summed E-state index contributed by atoms with van der Waals surface area (Å²) in [5, 5.41) is 3.59. The summed E-state index contributed by atoms with van der Waals surface area (Å²) in [6.45, 7) is 6.38. The smallest absolute Gasteiger partial charge is 0.119 e. The van der Waals surface area contributed by atoms with Crippen LogP contribution in [0.25, 0.3) is 0 Å². The maximum Gasteiger partial charge on any atom is 0.119 e. The quantitative estimate of drug-likeness (QED) is 0.715. The van der Waals surface area contributed by atoms with E-state index in [2.05, 4.69) is 43.4 Å². The second-order valence-electron chi connectivity index (χ2n) is 5.57. The fourth-order valence-electron chi connectivity index (χ4n) is 2.39. The average molecular weight is 261 g/mol. The molecule has 106 valence electrons. The van der Waals surface area contributed by atoms with E-state index in [-0.39, 0.29) is 0 Å². The Labute approximate surface area is 117 Å². The molecule has 1 fully saturated rings. The standard InChI is InChI=1S/C17H27NO/c1-3-11-18-17(4-2)15-6-5-7-16(13-15)19-12-10-14-8-9-14/h5-7,13-14,17-18H,3-4,8-12H2,1-2H3. The van der Waals surface area contributed by atoms with Gasteiger partial charge in [-0.3, -0.25) is 0 Å². The highest BCUT2D eigenvalue weighted by atomic mass is 16.5. The molecule has 0 radical (unpaired) electrons. The van der Waals surface area contributed by atoms with Crippen molar-refractivity contribution in [1.82, 2.24) is 5.32 Å². The summed E-state index contributed by atoms with van der Waals surface area (Å²) in [5.74, 6) is 1.97. The van der Waals surface area contributed by atoms with Crippen molar-refractivity contribution in [2.45, 2.75) is 52.0 Å². The van der Waals surface area contributed by atoms with Gasteiger partial charge in [-0.05, 0) is 49.4 Å². The van der Waals surface area contributed by atoms with Gasteiger partial charge in [-0.2, -0.15) is 0 Å². The third-order valence-electron chi connectivity index (χ3n) is 3.80. The molecule has 0 heterocycles. The van der Waals surface area contributed by atoms with Gasteiger partial charge in [0.15, 0.2) is 0 Å². The molecule has 0 spiro atoms. The molecular weight excluding hydrogens is 234 g/mol. The van der Waals surface area contributed by atoms with Crippen LogP contribution in [0.15, 0.2) is 24.3 Å². The third kappa shape index (κ3) is 4.87. The van der Waals surface area contributed by atoms with E-state index in [1.165, 1.54) is 31.2 Å². The summed E-state index contributed by atoms with van der Waals surface area (Å²) in [7, 11) is 0. The first-order chi connectivity index (χ1) is 9.33. The van der Waals surface area contributed by atoms with Gasteiger partial charge < -0.3 is 10.1 Å². The Morgan fingerprint density at radius 2 is 2.16 bits per heavy atom. The highest BCUT2D eigenvalue weighted by Crippen LogP contribution is 2.32. The van der Waals surface area contributed by atoms with E-state index in [0.717, 1.165) is 31.2 Å². The van der Waals surface area contributed by atoms with Crippen LogP contribution in [0.3, 0.4) is 0 Å². The molecule has 2 heteroatoms. The van der Waals surface area contributed by atoms with Crippen LogP contribution in [0, 0.1) is 5.92 Å². The molecule has 0 bridgehead atoms. The summed E-state index contributed by atoms with van der Waals surface area (Å²) in [6.07, 6.45) is 6.32. The summed E-state index contributed by atoms with van der Waals surface area (Å²) >= 11 is 0. The molecule has 2 rings (SSSR count). The summed E-state index contributed by atoms with van der Waals surface area (Å²) in [6, 6.07) is 9.03. The molecule has 1 atom stereocenters. The van der Waals surface area contributed by atoms with E-state index >= 15 is 0 Å². The molecular formula is C17H27NO. The molecule has 0 aromatic heterocycles. The van der Waals surface area contributed by atoms with Gasteiger partial charge in [0.2, 0.25) is 0 Å². The van der Waals surface area contributed by atoms with Crippen LogP contribution in [0.4, 0.5) is 0 Å². The lowest BCUT2D eigenvalue weighted by Crippen LogP contribution is -2.21. The molecule has 1 aromatic rings. The van der Waals surface area contributed by atoms with Crippen LogP contribution in [0.1, 0.15) is 57.6 Å². The number of benzene rings is 1. The van der Waals surface area contributed by atoms with Gasteiger partial charge in [0.25, 0.3) is 0 Å². The molecule has 1 aliphatic rings. The lowest BCUT2D eigenvalue weighted by atomic mass is 10.0. The van der Waals surface area contributed by atoms with Crippen LogP contribution >= 0.6 is 0 Å². The topological polar surface area (TPSA) is 21.3 Å². The first kappa shape index (κ1) is 14.4. The van der Waals surface area contributed by atoms with Crippen molar-refractivity contribution in [2.24, 2.45) is 5.92 Å². The Morgan fingerprint density at radius 1 is 1.32 bits per heavy atom. The van der Waals surface area contributed by atoms with Gasteiger partial charge in [0.05, 0.1) is 6.61 Å². The van der Waals surface area contributed by atoms with E-state index < -0.39 is 0 Å². The largest absolute Gasteiger partial charge is 0.494 e. The van der Waals surface area contributed by atoms with Gasteiger partial charge >= 0.3 is 0 Å².